The van der Waals surface area contributed by atoms with Crippen LogP contribution in [0.4, 0.5) is 0 Å². The number of aromatic nitrogens is 1. The average molecular weight is 254 g/mol. The molecule has 0 atom stereocenters. The van der Waals surface area contributed by atoms with Gasteiger partial charge in [0.25, 0.3) is 0 Å². The Morgan fingerprint density at radius 1 is 0.944 bits per heavy atom. The Labute approximate surface area is 111 Å². The number of nitrogens with zero attached hydrogens (tertiary/aromatic N) is 1. The molecule has 0 aliphatic rings. The van der Waals surface area contributed by atoms with Gasteiger partial charge in [-0.2, -0.15) is 0 Å². The lowest BCUT2D eigenvalue weighted by molar-refractivity contribution is 1.40. The van der Waals surface area contributed by atoms with Crippen molar-refractivity contribution in [1.82, 2.24) is 4.98 Å². The van der Waals surface area contributed by atoms with Crippen LogP contribution in [0.5, 0.6) is 0 Å². The van der Waals surface area contributed by atoms with Crippen LogP contribution in [0.3, 0.4) is 0 Å². The fraction of sp³-hybridized carbons (Fsp3) is 0.0625. The summed E-state index contributed by atoms with van der Waals surface area (Å²) in [4.78, 5) is 4.35. The largest absolute Gasteiger partial charge is 0.236 e. The van der Waals surface area contributed by atoms with Gasteiger partial charge in [-0.05, 0) is 30.2 Å². The minimum Gasteiger partial charge on any atom is -0.236 e. The molecule has 0 N–H and O–H groups in total. The van der Waals surface area contributed by atoms with Gasteiger partial charge < -0.3 is 0 Å². The molecule has 3 rings (SSSR count). The number of para-hydroxylation sites is 1. The number of aryl methyl sites for hydroxylation is 1. The van der Waals surface area contributed by atoms with Crippen molar-refractivity contribution >= 4 is 22.5 Å². The zero-order valence-electron chi connectivity index (χ0n) is 10.0. The first-order valence-corrected chi connectivity index (χ1v) is 6.24. The lowest BCUT2D eigenvalue weighted by atomic mass is 10.00. The van der Waals surface area contributed by atoms with Crippen molar-refractivity contribution in [2.24, 2.45) is 0 Å². The van der Waals surface area contributed by atoms with Gasteiger partial charge in [0.05, 0.1) is 5.52 Å². The van der Waals surface area contributed by atoms with E-state index in [0.717, 1.165) is 16.5 Å². The molecule has 0 aliphatic heterocycles. The summed E-state index contributed by atoms with van der Waals surface area (Å²) in [6.45, 7) is 2.09. The molecule has 0 aliphatic carbocycles. The van der Waals surface area contributed by atoms with Gasteiger partial charge in [-0.15, -0.1) is 0 Å². The first kappa shape index (κ1) is 11.2. The molecule has 2 heteroatoms. The number of hydrogen-bond donors (Lipinski definition) is 0. The predicted octanol–water partition coefficient (Wildman–Crippen LogP) is 4.86. The van der Waals surface area contributed by atoms with E-state index in [4.69, 9.17) is 11.6 Å². The fourth-order valence-corrected chi connectivity index (χ4v) is 2.39. The third kappa shape index (κ3) is 1.98. The number of pyridine rings is 1. The highest BCUT2D eigenvalue weighted by Crippen LogP contribution is 2.30. The van der Waals surface area contributed by atoms with Crippen LogP contribution in [0.15, 0.2) is 54.6 Å². The summed E-state index contributed by atoms with van der Waals surface area (Å²) in [7, 11) is 0. The predicted molar refractivity (Wildman–Crippen MR) is 76.9 cm³/mol. The molecule has 1 aromatic heterocycles. The van der Waals surface area contributed by atoms with E-state index in [9.17, 15) is 0 Å². The molecule has 1 heterocycles. The third-order valence-electron chi connectivity index (χ3n) is 3.01. The molecule has 0 saturated heterocycles. The van der Waals surface area contributed by atoms with Crippen molar-refractivity contribution in [3.05, 3.63) is 65.3 Å². The van der Waals surface area contributed by atoms with Crippen LogP contribution in [0.25, 0.3) is 22.0 Å². The van der Waals surface area contributed by atoms with Crippen molar-refractivity contribution in [2.45, 2.75) is 6.92 Å². The molecule has 0 bridgehead atoms. The van der Waals surface area contributed by atoms with E-state index in [1.807, 2.05) is 24.3 Å². The van der Waals surface area contributed by atoms with Gasteiger partial charge in [-0.3, -0.25) is 0 Å². The summed E-state index contributed by atoms with van der Waals surface area (Å²) in [6.07, 6.45) is 0. The second-order valence-electron chi connectivity index (χ2n) is 4.38. The van der Waals surface area contributed by atoms with Gasteiger partial charge in [-0.25, -0.2) is 4.98 Å². The fourth-order valence-electron chi connectivity index (χ4n) is 2.19. The van der Waals surface area contributed by atoms with Gasteiger partial charge in [0.1, 0.15) is 5.15 Å². The van der Waals surface area contributed by atoms with Gasteiger partial charge in [-0.1, -0.05) is 59.6 Å². The smallest absolute Gasteiger partial charge is 0.130 e. The summed E-state index contributed by atoms with van der Waals surface area (Å²) in [6, 6.07) is 18.4. The SMILES string of the molecule is Cc1cccc(-c2cc(Cl)nc3ccccc23)c1. The van der Waals surface area contributed by atoms with Crippen LogP contribution in [-0.2, 0) is 0 Å². The van der Waals surface area contributed by atoms with Crippen LogP contribution in [0.1, 0.15) is 5.56 Å². The van der Waals surface area contributed by atoms with E-state index in [1.165, 1.54) is 11.1 Å². The highest BCUT2D eigenvalue weighted by Gasteiger charge is 2.06. The normalized spacial score (nSPS) is 10.8. The molecule has 88 valence electrons. The van der Waals surface area contributed by atoms with Crippen LogP contribution >= 0.6 is 11.6 Å². The molecular weight excluding hydrogens is 242 g/mol. The monoisotopic (exact) mass is 253 g/mol. The molecule has 0 unspecified atom stereocenters. The molecule has 1 nitrogen and oxygen atoms in total. The molecule has 0 amide bonds. The van der Waals surface area contributed by atoms with Crippen molar-refractivity contribution in [3.63, 3.8) is 0 Å². The quantitative estimate of drug-likeness (QED) is 0.564. The van der Waals surface area contributed by atoms with Crippen LogP contribution in [0, 0.1) is 6.92 Å². The molecule has 0 saturated carbocycles. The Balaban J connectivity index is 2.34. The number of hydrogen-bond acceptors (Lipinski definition) is 1. The molecule has 3 aromatic rings. The molecule has 2 aromatic carbocycles. The standard InChI is InChI=1S/C16H12ClN/c1-11-5-4-6-12(9-11)14-10-16(17)18-15-8-3-2-7-13(14)15/h2-10H,1H3. The Kier molecular flexibility index (Phi) is 2.77. The second-order valence-corrected chi connectivity index (χ2v) is 4.77. The van der Waals surface area contributed by atoms with Gasteiger partial charge in [0.15, 0.2) is 0 Å². The summed E-state index contributed by atoms with van der Waals surface area (Å²) < 4.78 is 0. The number of benzene rings is 2. The Morgan fingerprint density at radius 2 is 1.78 bits per heavy atom. The maximum absolute atomic E-state index is 6.10. The van der Waals surface area contributed by atoms with E-state index in [1.54, 1.807) is 0 Å². The average Bonchev–Trinajstić information content (AvgIpc) is 2.37. The minimum atomic E-state index is 0.533. The Bertz CT molecular complexity index is 719. The van der Waals surface area contributed by atoms with E-state index in [-0.39, 0.29) is 0 Å². The summed E-state index contributed by atoms with van der Waals surface area (Å²) >= 11 is 6.10. The van der Waals surface area contributed by atoms with Gasteiger partial charge in [0, 0.05) is 5.39 Å². The summed E-state index contributed by atoms with van der Waals surface area (Å²) in [5.74, 6) is 0. The van der Waals surface area contributed by atoms with E-state index < -0.39 is 0 Å². The van der Waals surface area contributed by atoms with Gasteiger partial charge in [0.2, 0.25) is 0 Å². The second kappa shape index (κ2) is 4.43. The summed E-state index contributed by atoms with van der Waals surface area (Å²) in [5, 5.41) is 1.66. The molecule has 0 fully saturated rings. The number of fused-ring (bicyclic) bond motifs is 1. The molecule has 0 radical (unpaired) electrons. The van der Waals surface area contributed by atoms with E-state index in [2.05, 4.69) is 42.2 Å². The summed E-state index contributed by atoms with van der Waals surface area (Å²) in [5.41, 5.74) is 4.48. The van der Waals surface area contributed by atoms with Crippen molar-refractivity contribution in [1.29, 1.82) is 0 Å². The highest BCUT2D eigenvalue weighted by atomic mass is 35.5. The van der Waals surface area contributed by atoms with Gasteiger partial charge >= 0.3 is 0 Å². The number of rotatable bonds is 1. The zero-order valence-corrected chi connectivity index (χ0v) is 10.8. The molecular formula is C16H12ClN. The first-order valence-electron chi connectivity index (χ1n) is 5.86. The van der Waals surface area contributed by atoms with E-state index in [0.29, 0.717) is 5.15 Å². The minimum absolute atomic E-state index is 0.533. The van der Waals surface area contributed by atoms with Crippen molar-refractivity contribution < 1.29 is 0 Å². The lowest BCUT2D eigenvalue weighted by Crippen LogP contribution is -1.86. The highest BCUT2D eigenvalue weighted by molar-refractivity contribution is 6.30. The van der Waals surface area contributed by atoms with Crippen molar-refractivity contribution in [2.75, 3.05) is 0 Å². The van der Waals surface area contributed by atoms with Crippen LogP contribution in [-0.4, -0.2) is 4.98 Å². The zero-order chi connectivity index (χ0) is 12.5. The topological polar surface area (TPSA) is 12.9 Å². The number of halogens is 1. The molecule has 18 heavy (non-hydrogen) atoms. The maximum atomic E-state index is 6.10. The maximum Gasteiger partial charge on any atom is 0.130 e. The Morgan fingerprint density at radius 3 is 2.61 bits per heavy atom. The lowest BCUT2D eigenvalue weighted by Gasteiger charge is -2.08. The van der Waals surface area contributed by atoms with Crippen LogP contribution < -0.4 is 0 Å². The Hall–Kier alpha value is -1.86. The molecule has 0 spiro atoms. The first-order chi connectivity index (χ1) is 8.74. The third-order valence-corrected chi connectivity index (χ3v) is 3.21. The van der Waals surface area contributed by atoms with E-state index >= 15 is 0 Å². The van der Waals surface area contributed by atoms with Crippen LogP contribution in [0.2, 0.25) is 5.15 Å². The van der Waals surface area contributed by atoms with Crippen molar-refractivity contribution in [3.8, 4) is 11.1 Å².